The van der Waals surface area contributed by atoms with Gasteiger partial charge in [-0.2, -0.15) is 0 Å². The van der Waals surface area contributed by atoms with Crippen molar-refractivity contribution in [1.82, 2.24) is 0 Å². The predicted molar refractivity (Wildman–Crippen MR) is 46.7 cm³/mol. The van der Waals surface area contributed by atoms with Crippen LogP contribution >= 0.6 is 0 Å². The molecule has 2 aliphatic rings. The quantitative estimate of drug-likeness (QED) is 0.574. The molecule has 0 radical (unpaired) electrons. The van der Waals surface area contributed by atoms with Crippen molar-refractivity contribution < 1.29 is 9.53 Å². The van der Waals surface area contributed by atoms with Crippen LogP contribution in [0.5, 0.6) is 0 Å². The number of nitrogens with zero attached hydrogens (tertiary/aromatic N) is 3. The van der Waals surface area contributed by atoms with E-state index < -0.39 is 6.09 Å². The lowest BCUT2D eigenvalue weighted by Crippen LogP contribution is -2.22. The molecule has 0 bridgehead atoms. The minimum Gasteiger partial charge on any atom is -0.395 e. The number of amides is 1. The van der Waals surface area contributed by atoms with E-state index in [1.165, 1.54) is 12.5 Å². The van der Waals surface area contributed by atoms with Crippen molar-refractivity contribution in [3.63, 3.8) is 0 Å². The zero-order valence-electron chi connectivity index (χ0n) is 6.60. The SMILES string of the molecule is NC(=O)OC1=NC=C2N=CN=C2C1. The summed E-state index contributed by atoms with van der Waals surface area (Å²) in [6.07, 6.45) is 2.41. The summed E-state index contributed by atoms with van der Waals surface area (Å²) in [5, 5.41) is 0. The fraction of sp³-hybridized carbons (Fsp3) is 0.143. The Bertz CT molecular complexity index is 378. The number of carbonyl (C=O) groups is 1. The third-order valence-corrected chi connectivity index (χ3v) is 1.57. The van der Waals surface area contributed by atoms with Gasteiger partial charge >= 0.3 is 6.09 Å². The molecule has 0 fully saturated rings. The van der Waals surface area contributed by atoms with Crippen molar-refractivity contribution in [1.29, 1.82) is 0 Å². The second kappa shape index (κ2) is 2.81. The smallest absolute Gasteiger partial charge is 0.395 e. The molecule has 0 unspecified atom stereocenters. The molecule has 6 nitrogen and oxygen atoms in total. The molecule has 0 saturated heterocycles. The number of primary amides is 1. The van der Waals surface area contributed by atoms with Gasteiger partial charge in [0.2, 0.25) is 5.90 Å². The molecule has 0 aromatic heterocycles. The summed E-state index contributed by atoms with van der Waals surface area (Å²) in [6.45, 7) is 0. The first-order chi connectivity index (χ1) is 6.25. The van der Waals surface area contributed by atoms with Crippen LogP contribution in [0.1, 0.15) is 6.42 Å². The van der Waals surface area contributed by atoms with Crippen molar-refractivity contribution in [3.8, 4) is 0 Å². The Kier molecular flexibility index (Phi) is 1.66. The Labute approximate surface area is 73.5 Å². The molecule has 13 heavy (non-hydrogen) atoms. The first kappa shape index (κ1) is 7.66. The Hall–Kier alpha value is -1.98. The summed E-state index contributed by atoms with van der Waals surface area (Å²) in [5.74, 6) is 0.250. The Morgan fingerprint density at radius 2 is 2.38 bits per heavy atom. The van der Waals surface area contributed by atoms with Gasteiger partial charge in [0.25, 0.3) is 0 Å². The highest BCUT2D eigenvalue weighted by Crippen LogP contribution is 2.15. The van der Waals surface area contributed by atoms with Gasteiger partial charge in [-0.15, -0.1) is 0 Å². The van der Waals surface area contributed by atoms with Gasteiger partial charge in [0.05, 0.1) is 18.3 Å². The van der Waals surface area contributed by atoms with Crippen LogP contribution in [-0.2, 0) is 4.74 Å². The maximum Gasteiger partial charge on any atom is 0.411 e. The lowest BCUT2D eigenvalue weighted by Gasteiger charge is -2.08. The van der Waals surface area contributed by atoms with E-state index in [2.05, 4.69) is 19.7 Å². The molecule has 0 aromatic carbocycles. The lowest BCUT2D eigenvalue weighted by molar-refractivity contribution is 0.207. The maximum absolute atomic E-state index is 10.4. The van der Waals surface area contributed by atoms with E-state index in [0.29, 0.717) is 12.1 Å². The minimum atomic E-state index is -0.866. The van der Waals surface area contributed by atoms with Crippen molar-refractivity contribution >= 4 is 24.0 Å². The first-order valence-corrected chi connectivity index (χ1v) is 3.59. The number of hydrogen-bond acceptors (Lipinski definition) is 5. The van der Waals surface area contributed by atoms with Crippen LogP contribution in [0.3, 0.4) is 0 Å². The fourth-order valence-electron chi connectivity index (χ4n) is 1.05. The van der Waals surface area contributed by atoms with Gasteiger partial charge in [-0.3, -0.25) is 0 Å². The molecule has 2 aliphatic heterocycles. The van der Waals surface area contributed by atoms with E-state index in [4.69, 9.17) is 5.73 Å². The largest absolute Gasteiger partial charge is 0.411 e. The number of fused-ring (bicyclic) bond motifs is 1. The van der Waals surface area contributed by atoms with Crippen LogP contribution in [0, 0.1) is 0 Å². The number of nitrogens with two attached hydrogens (primary N) is 1. The molecule has 0 atom stereocenters. The van der Waals surface area contributed by atoms with Gasteiger partial charge in [0, 0.05) is 0 Å². The van der Waals surface area contributed by atoms with E-state index in [9.17, 15) is 4.79 Å². The van der Waals surface area contributed by atoms with Crippen LogP contribution < -0.4 is 5.73 Å². The summed E-state index contributed by atoms with van der Waals surface area (Å²) in [6, 6.07) is 0. The molecule has 0 aromatic rings. The van der Waals surface area contributed by atoms with Crippen LogP contribution in [0.25, 0.3) is 0 Å². The highest BCUT2D eigenvalue weighted by atomic mass is 16.6. The van der Waals surface area contributed by atoms with Gasteiger partial charge < -0.3 is 10.5 Å². The number of aliphatic imine (C=N–C) groups is 3. The summed E-state index contributed by atoms with van der Waals surface area (Å²) < 4.78 is 4.61. The fourth-order valence-corrected chi connectivity index (χ4v) is 1.05. The number of hydrogen-bond donors (Lipinski definition) is 1. The Morgan fingerprint density at radius 1 is 1.54 bits per heavy atom. The molecule has 2 rings (SSSR count). The van der Waals surface area contributed by atoms with E-state index >= 15 is 0 Å². The molecule has 1 amide bonds. The van der Waals surface area contributed by atoms with Gasteiger partial charge in [-0.25, -0.2) is 19.8 Å². The number of carbonyl (C=O) groups excluding carboxylic acids is 1. The zero-order valence-corrected chi connectivity index (χ0v) is 6.60. The second-order valence-electron chi connectivity index (χ2n) is 2.46. The van der Waals surface area contributed by atoms with Gasteiger partial charge in [0.1, 0.15) is 12.0 Å². The predicted octanol–water partition coefficient (Wildman–Crippen LogP) is 0.208. The van der Waals surface area contributed by atoms with Crippen LogP contribution in [0.4, 0.5) is 4.79 Å². The van der Waals surface area contributed by atoms with Crippen molar-refractivity contribution in [2.24, 2.45) is 20.7 Å². The minimum absolute atomic E-state index is 0.250. The van der Waals surface area contributed by atoms with Crippen LogP contribution in [0.15, 0.2) is 26.9 Å². The summed E-state index contributed by atoms with van der Waals surface area (Å²) >= 11 is 0. The summed E-state index contributed by atoms with van der Waals surface area (Å²) in [5.41, 5.74) is 6.27. The number of allylic oxidation sites excluding steroid dienone is 1. The second-order valence-corrected chi connectivity index (χ2v) is 2.46. The maximum atomic E-state index is 10.4. The normalized spacial score (nSPS) is 18.6. The van der Waals surface area contributed by atoms with Gasteiger partial charge in [0.15, 0.2) is 0 Å². The Balaban J connectivity index is 2.16. The standard InChI is InChI=1S/C7H6N4O2/c8-7(12)13-6-1-4-5(2-9-6)11-3-10-4/h2-3H,1H2,(H2,8,12). The molecule has 0 saturated carbocycles. The monoisotopic (exact) mass is 178 g/mol. The number of ether oxygens (including phenoxy) is 1. The molecule has 0 spiro atoms. The third kappa shape index (κ3) is 1.46. The van der Waals surface area contributed by atoms with Crippen molar-refractivity contribution in [2.75, 3.05) is 0 Å². The van der Waals surface area contributed by atoms with E-state index in [1.807, 2.05) is 0 Å². The van der Waals surface area contributed by atoms with Gasteiger partial charge in [-0.1, -0.05) is 0 Å². The van der Waals surface area contributed by atoms with Crippen LogP contribution in [-0.4, -0.2) is 24.0 Å². The molecular formula is C7H6N4O2. The summed E-state index contributed by atoms with van der Waals surface area (Å²) in [7, 11) is 0. The molecule has 2 heterocycles. The van der Waals surface area contributed by atoms with Crippen molar-refractivity contribution in [3.05, 3.63) is 11.9 Å². The first-order valence-electron chi connectivity index (χ1n) is 3.59. The Morgan fingerprint density at radius 3 is 3.15 bits per heavy atom. The highest BCUT2D eigenvalue weighted by Gasteiger charge is 2.19. The average Bonchev–Trinajstić information content (AvgIpc) is 2.49. The van der Waals surface area contributed by atoms with E-state index in [1.54, 1.807) is 0 Å². The van der Waals surface area contributed by atoms with Gasteiger partial charge in [-0.05, 0) is 0 Å². The van der Waals surface area contributed by atoms with E-state index in [0.717, 1.165) is 5.71 Å². The average molecular weight is 178 g/mol. The molecule has 0 aliphatic carbocycles. The summed E-state index contributed by atoms with van der Waals surface area (Å²) in [4.78, 5) is 22.1. The van der Waals surface area contributed by atoms with Crippen LogP contribution in [0.2, 0.25) is 0 Å². The topological polar surface area (TPSA) is 89.4 Å². The molecular weight excluding hydrogens is 172 g/mol. The van der Waals surface area contributed by atoms with E-state index in [-0.39, 0.29) is 5.90 Å². The molecule has 2 N–H and O–H groups in total. The zero-order chi connectivity index (χ0) is 9.26. The van der Waals surface area contributed by atoms with Crippen molar-refractivity contribution in [2.45, 2.75) is 6.42 Å². The number of rotatable bonds is 0. The lowest BCUT2D eigenvalue weighted by atomic mass is 10.2. The highest BCUT2D eigenvalue weighted by molar-refractivity contribution is 6.17. The third-order valence-electron chi connectivity index (χ3n) is 1.57. The molecule has 6 heteroatoms. The molecule has 66 valence electrons.